The van der Waals surface area contributed by atoms with Gasteiger partial charge >= 0.3 is 12.1 Å². The highest BCUT2D eigenvalue weighted by Crippen LogP contribution is 2.23. The number of hydrogen-bond donors (Lipinski definition) is 0. The van der Waals surface area contributed by atoms with Crippen molar-refractivity contribution in [2.45, 2.75) is 19.0 Å². The molecular formula is C19H17BF3N3O2. The fraction of sp³-hybridized carbons (Fsp3) is 0.316. The van der Waals surface area contributed by atoms with Crippen LogP contribution in [0.15, 0.2) is 30.3 Å². The number of benzene rings is 1. The van der Waals surface area contributed by atoms with Gasteiger partial charge in [-0.2, -0.15) is 13.2 Å². The molecule has 144 valence electrons. The van der Waals surface area contributed by atoms with Crippen LogP contribution in [0.25, 0.3) is 0 Å². The van der Waals surface area contributed by atoms with Crippen LogP contribution in [0.3, 0.4) is 0 Å². The lowest BCUT2D eigenvalue weighted by molar-refractivity contribution is -0.185. The van der Waals surface area contributed by atoms with E-state index in [2.05, 4.69) is 22.0 Å². The maximum Gasteiger partial charge on any atom is 0.471 e. The number of aromatic nitrogens is 2. The lowest BCUT2D eigenvalue weighted by atomic mass is 10.0. The van der Waals surface area contributed by atoms with E-state index in [4.69, 9.17) is 4.74 Å². The molecule has 9 heteroatoms. The van der Waals surface area contributed by atoms with E-state index < -0.39 is 12.1 Å². The summed E-state index contributed by atoms with van der Waals surface area (Å²) in [5.74, 6) is 4.54. The van der Waals surface area contributed by atoms with Gasteiger partial charge in [-0.3, -0.25) is 4.79 Å². The van der Waals surface area contributed by atoms with Crippen LogP contribution in [0.1, 0.15) is 22.4 Å². The van der Waals surface area contributed by atoms with Crippen molar-refractivity contribution in [2.75, 3.05) is 19.6 Å². The van der Waals surface area contributed by atoms with Gasteiger partial charge in [0.05, 0.1) is 6.51 Å². The second kappa shape index (κ2) is 8.34. The van der Waals surface area contributed by atoms with Crippen molar-refractivity contribution in [3.63, 3.8) is 0 Å². The first kappa shape index (κ1) is 19.7. The van der Waals surface area contributed by atoms with Crippen LogP contribution < -0.4 is 4.74 Å². The Morgan fingerprint density at radius 2 is 1.86 bits per heavy atom. The van der Waals surface area contributed by atoms with Gasteiger partial charge in [0.25, 0.3) is 0 Å². The van der Waals surface area contributed by atoms with Crippen molar-refractivity contribution in [3.8, 4) is 17.7 Å². The molecule has 2 aromatic rings. The number of carbonyl (C=O) groups excluding carboxylic acids is 1. The largest absolute Gasteiger partial charge is 0.486 e. The molecule has 1 aliphatic heterocycles. The summed E-state index contributed by atoms with van der Waals surface area (Å²) < 4.78 is 43.2. The second-order valence-electron chi connectivity index (χ2n) is 6.21. The predicted molar refractivity (Wildman–Crippen MR) is 98.5 cm³/mol. The molecule has 0 spiro atoms. The number of hydrogen-bond acceptors (Lipinski definition) is 4. The Morgan fingerprint density at radius 3 is 2.50 bits per heavy atom. The lowest BCUT2D eigenvalue weighted by Gasteiger charge is -2.21. The van der Waals surface area contributed by atoms with E-state index in [1.54, 1.807) is 12.1 Å². The molecule has 1 aliphatic rings. The number of halogens is 3. The van der Waals surface area contributed by atoms with Crippen molar-refractivity contribution in [1.29, 1.82) is 0 Å². The standard InChI is InChI=1S/C19H17BF3N3O2/c20-12-28-17-6-5-16(24-25-17)4-2-13-1-3-14-7-9-26(10-8-15(14)11-13)18(27)19(21,22)23/h1,3,5-6,11H,7-10,12,20H2. The summed E-state index contributed by atoms with van der Waals surface area (Å²) in [6.45, 7) is 0.589. The van der Waals surface area contributed by atoms with E-state index in [0.29, 0.717) is 30.9 Å². The van der Waals surface area contributed by atoms with E-state index in [0.717, 1.165) is 21.6 Å². The average Bonchev–Trinajstić information content (AvgIpc) is 2.88. The van der Waals surface area contributed by atoms with E-state index >= 15 is 0 Å². The molecule has 0 atom stereocenters. The molecule has 0 saturated heterocycles. The van der Waals surface area contributed by atoms with Crippen LogP contribution in [-0.4, -0.2) is 54.6 Å². The molecule has 0 fully saturated rings. The van der Waals surface area contributed by atoms with Crippen molar-refractivity contribution >= 4 is 13.8 Å². The monoisotopic (exact) mass is 387 g/mol. The summed E-state index contributed by atoms with van der Waals surface area (Å²) in [4.78, 5) is 12.3. The fourth-order valence-corrected chi connectivity index (χ4v) is 2.93. The zero-order valence-corrected chi connectivity index (χ0v) is 15.2. The van der Waals surface area contributed by atoms with Crippen LogP contribution in [0.5, 0.6) is 5.88 Å². The van der Waals surface area contributed by atoms with Gasteiger partial charge in [0.15, 0.2) is 7.85 Å². The molecule has 1 aromatic heterocycles. The van der Waals surface area contributed by atoms with Crippen molar-refractivity contribution in [2.24, 2.45) is 0 Å². The maximum absolute atomic E-state index is 12.7. The van der Waals surface area contributed by atoms with Crippen LogP contribution in [0.4, 0.5) is 13.2 Å². The molecular weight excluding hydrogens is 370 g/mol. The molecule has 28 heavy (non-hydrogen) atoms. The Bertz CT molecular complexity index is 921. The highest BCUT2D eigenvalue weighted by Gasteiger charge is 2.42. The topological polar surface area (TPSA) is 55.3 Å². The van der Waals surface area contributed by atoms with Crippen molar-refractivity contribution in [1.82, 2.24) is 15.1 Å². The minimum Gasteiger partial charge on any atom is -0.486 e. The Hall–Kier alpha value is -3.02. The molecule has 3 rings (SSSR count). The van der Waals surface area contributed by atoms with E-state index in [1.165, 1.54) is 0 Å². The number of rotatable bonds is 2. The first-order chi connectivity index (χ1) is 13.4. The molecule has 1 amide bonds. The second-order valence-corrected chi connectivity index (χ2v) is 6.21. The average molecular weight is 387 g/mol. The summed E-state index contributed by atoms with van der Waals surface area (Å²) >= 11 is 0. The summed E-state index contributed by atoms with van der Waals surface area (Å²) in [5.41, 5.74) is 3.05. The first-order valence-electron chi connectivity index (χ1n) is 8.83. The molecule has 1 aromatic carbocycles. The highest BCUT2D eigenvalue weighted by atomic mass is 19.4. The van der Waals surface area contributed by atoms with Crippen molar-refractivity contribution < 1.29 is 22.7 Å². The molecule has 0 bridgehead atoms. The third kappa shape index (κ3) is 4.82. The third-order valence-electron chi connectivity index (χ3n) is 4.31. The number of carbonyl (C=O) groups is 1. The molecule has 2 heterocycles. The Kier molecular flexibility index (Phi) is 5.88. The summed E-state index contributed by atoms with van der Waals surface area (Å²) in [5, 5.41) is 7.87. The van der Waals surface area contributed by atoms with Crippen LogP contribution in [-0.2, 0) is 17.6 Å². The number of nitrogens with zero attached hydrogens (tertiary/aromatic N) is 3. The van der Waals surface area contributed by atoms with Gasteiger partial charge in [-0.15, -0.1) is 10.2 Å². The van der Waals surface area contributed by atoms with Crippen LogP contribution in [0.2, 0.25) is 0 Å². The minimum absolute atomic E-state index is 0.0343. The normalized spacial score (nSPS) is 13.8. The maximum atomic E-state index is 12.7. The van der Waals surface area contributed by atoms with Gasteiger partial charge in [0.1, 0.15) is 5.69 Å². The summed E-state index contributed by atoms with van der Waals surface area (Å²) in [6.07, 6.45) is -4.10. The van der Waals surface area contributed by atoms with Gasteiger partial charge in [-0.05, 0) is 48.1 Å². The van der Waals surface area contributed by atoms with Gasteiger partial charge < -0.3 is 9.64 Å². The third-order valence-corrected chi connectivity index (χ3v) is 4.31. The smallest absolute Gasteiger partial charge is 0.471 e. The summed E-state index contributed by atoms with van der Waals surface area (Å²) in [6, 6.07) is 8.91. The molecule has 0 saturated carbocycles. The SMILES string of the molecule is BCOc1ccc(C#Cc2ccc3c(c2)CCN(C(=O)C(F)(F)F)CC3)nn1. The van der Waals surface area contributed by atoms with E-state index in [1.807, 2.05) is 26.0 Å². The van der Waals surface area contributed by atoms with Crippen LogP contribution >= 0.6 is 0 Å². The molecule has 5 nitrogen and oxygen atoms in total. The molecule has 0 aliphatic carbocycles. The van der Waals surface area contributed by atoms with Crippen LogP contribution in [0, 0.1) is 11.8 Å². The van der Waals surface area contributed by atoms with E-state index in [9.17, 15) is 18.0 Å². The summed E-state index contributed by atoms with van der Waals surface area (Å²) in [7, 11) is 1.85. The number of alkyl halides is 3. The predicted octanol–water partition coefficient (Wildman–Crippen LogP) is 1.34. The number of fused-ring (bicyclic) bond motifs is 1. The lowest BCUT2D eigenvalue weighted by Crippen LogP contribution is -2.42. The fourth-order valence-electron chi connectivity index (χ4n) is 2.93. The minimum atomic E-state index is -4.84. The Morgan fingerprint density at radius 1 is 1.11 bits per heavy atom. The zero-order chi connectivity index (χ0) is 20.1. The van der Waals surface area contributed by atoms with Gasteiger partial charge in [0, 0.05) is 24.7 Å². The highest BCUT2D eigenvalue weighted by molar-refractivity contribution is 6.08. The first-order valence-corrected chi connectivity index (χ1v) is 8.83. The quantitative estimate of drug-likeness (QED) is 0.577. The molecule has 0 radical (unpaired) electrons. The molecule has 0 N–H and O–H groups in total. The zero-order valence-electron chi connectivity index (χ0n) is 15.2. The van der Waals surface area contributed by atoms with E-state index in [-0.39, 0.29) is 13.1 Å². The van der Waals surface area contributed by atoms with Gasteiger partial charge in [0.2, 0.25) is 5.88 Å². The Balaban J connectivity index is 1.72. The number of ether oxygens (including phenoxy) is 1. The van der Waals surface area contributed by atoms with Crippen molar-refractivity contribution in [3.05, 3.63) is 52.7 Å². The van der Waals surface area contributed by atoms with Gasteiger partial charge in [-0.1, -0.05) is 12.0 Å². The number of amides is 1. The molecule has 0 unspecified atom stereocenters. The van der Waals surface area contributed by atoms with Gasteiger partial charge in [-0.25, -0.2) is 0 Å². The Labute approximate surface area is 161 Å².